The summed E-state index contributed by atoms with van der Waals surface area (Å²) >= 11 is 0. The lowest BCUT2D eigenvalue weighted by Crippen LogP contribution is -2.17. The van der Waals surface area contributed by atoms with Crippen LogP contribution in [0, 0.1) is 5.82 Å². The third-order valence-corrected chi connectivity index (χ3v) is 2.43. The standard InChI is InChI=1S/C11H12FN/c1-7(13)9-4-8-2-3-11(12)6-10(8)5-9/h2-4,6-7H,5,13H2,1H3. The Morgan fingerprint density at radius 1 is 1.46 bits per heavy atom. The number of fused-ring (bicyclic) bond motifs is 1. The van der Waals surface area contributed by atoms with Crippen molar-refractivity contribution in [2.75, 3.05) is 0 Å². The molecule has 0 aliphatic heterocycles. The van der Waals surface area contributed by atoms with E-state index in [1.807, 2.05) is 6.92 Å². The second kappa shape index (κ2) is 2.96. The van der Waals surface area contributed by atoms with Crippen molar-refractivity contribution in [3.05, 3.63) is 40.7 Å². The summed E-state index contributed by atoms with van der Waals surface area (Å²) in [6.45, 7) is 1.95. The van der Waals surface area contributed by atoms with E-state index < -0.39 is 0 Å². The van der Waals surface area contributed by atoms with Crippen LogP contribution in [0.2, 0.25) is 0 Å². The van der Waals surface area contributed by atoms with Crippen LogP contribution in [0.4, 0.5) is 4.39 Å². The lowest BCUT2D eigenvalue weighted by Gasteiger charge is -2.04. The molecule has 2 heteroatoms. The first-order chi connectivity index (χ1) is 6.16. The largest absolute Gasteiger partial charge is 0.324 e. The van der Waals surface area contributed by atoms with Gasteiger partial charge in [0, 0.05) is 6.04 Å². The van der Waals surface area contributed by atoms with Crippen LogP contribution < -0.4 is 5.73 Å². The van der Waals surface area contributed by atoms with Crippen LogP contribution in [0.25, 0.3) is 6.08 Å². The van der Waals surface area contributed by atoms with Crippen molar-refractivity contribution in [3.8, 4) is 0 Å². The molecule has 0 saturated heterocycles. The fourth-order valence-electron chi connectivity index (χ4n) is 1.63. The second-order valence-corrected chi connectivity index (χ2v) is 3.53. The Bertz CT molecular complexity index is 366. The fraction of sp³-hybridized carbons (Fsp3) is 0.273. The summed E-state index contributed by atoms with van der Waals surface area (Å²) in [4.78, 5) is 0. The van der Waals surface area contributed by atoms with Gasteiger partial charge < -0.3 is 5.73 Å². The SMILES string of the molecule is CC(N)C1=Cc2ccc(F)cc2C1. The van der Waals surface area contributed by atoms with Gasteiger partial charge in [-0.25, -0.2) is 4.39 Å². The van der Waals surface area contributed by atoms with Gasteiger partial charge in [-0.3, -0.25) is 0 Å². The van der Waals surface area contributed by atoms with Gasteiger partial charge in [0.15, 0.2) is 0 Å². The summed E-state index contributed by atoms with van der Waals surface area (Å²) < 4.78 is 12.8. The number of hydrogen-bond donors (Lipinski definition) is 1. The van der Waals surface area contributed by atoms with E-state index in [9.17, 15) is 4.39 Å². The summed E-state index contributed by atoms with van der Waals surface area (Å²) in [6, 6.07) is 4.94. The molecule has 13 heavy (non-hydrogen) atoms. The van der Waals surface area contributed by atoms with Crippen LogP contribution in [-0.2, 0) is 6.42 Å². The average Bonchev–Trinajstić information content (AvgIpc) is 2.46. The molecule has 1 atom stereocenters. The van der Waals surface area contributed by atoms with Gasteiger partial charge in [-0.05, 0) is 42.2 Å². The lowest BCUT2D eigenvalue weighted by atomic mass is 10.1. The Morgan fingerprint density at radius 2 is 2.23 bits per heavy atom. The van der Waals surface area contributed by atoms with E-state index >= 15 is 0 Å². The Kier molecular flexibility index (Phi) is 1.93. The summed E-state index contributed by atoms with van der Waals surface area (Å²) in [7, 11) is 0. The van der Waals surface area contributed by atoms with Crippen LogP contribution in [-0.4, -0.2) is 6.04 Å². The van der Waals surface area contributed by atoms with Crippen molar-refractivity contribution in [2.24, 2.45) is 5.73 Å². The Labute approximate surface area is 77.1 Å². The van der Waals surface area contributed by atoms with Crippen molar-refractivity contribution in [1.29, 1.82) is 0 Å². The van der Waals surface area contributed by atoms with E-state index in [0.717, 1.165) is 17.5 Å². The van der Waals surface area contributed by atoms with Crippen molar-refractivity contribution >= 4 is 6.08 Å². The van der Waals surface area contributed by atoms with Gasteiger partial charge in [0.05, 0.1) is 0 Å². The summed E-state index contributed by atoms with van der Waals surface area (Å²) in [5.41, 5.74) is 9.09. The monoisotopic (exact) mass is 177 g/mol. The fourth-order valence-corrected chi connectivity index (χ4v) is 1.63. The van der Waals surface area contributed by atoms with Crippen LogP contribution in [0.1, 0.15) is 18.1 Å². The molecular weight excluding hydrogens is 165 g/mol. The smallest absolute Gasteiger partial charge is 0.123 e. The molecule has 1 aliphatic rings. The molecule has 0 bridgehead atoms. The molecule has 1 nitrogen and oxygen atoms in total. The van der Waals surface area contributed by atoms with E-state index in [0.29, 0.717) is 0 Å². The molecule has 0 heterocycles. The minimum Gasteiger partial charge on any atom is -0.324 e. The molecule has 0 spiro atoms. The minimum atomic E-state index is -0.168. The molecule has 68 valence electrons. The van der Waals surface area contributed by atoms with E-state index in [1.165, 1.54) is 11.6 Å². The predicted molar refractivity (Wildman–Crippen MR) is 51.7 cm³/mol. The van der Waals surface area contributed by atoms with Crippen molar-refractivity contribution in [3.63, 3.8) is 0 Å². The quantitative estimate of drug-likeness (QED) is 0.698. The van der Waals surface area contributed by atoms with Gasteiger partial charge in [0.25, 0.3) is 0 Å². The van der Waals surface area contributed by atoms with Crippen molar-refractivity contribution in [1.82, 2.24) is 0 Å². The third kappa shape index (κ3) is 1.49. The van der Waals surface area contributed by atoms with Crippen LogP contribution in [0.3, 0.4) is 0 Å². The van der Waals surface area contributed by atoms with Gasteiger partial charge in [-0.15, -0.1) is 0 Å². The summed E-state index contributed by atoms with van der Waals surface area (Å²) in [5, 5.41) is 0. The topological polar surface area (TPSA) is 26.0 Å². The van der Waals surface area contributed by atoms with E-state index in [-0.39, 0.29) is 11.9 Å². The number of benzene rings is 1. The van der Waals surface area contributed by atoms with Gasteiger partial charge in [-0.1, -0.05) is 12.1 Å². The number of hydrogen-bond acceptors (Lipinski definition) is 1. The highest BCUT2D eigenvalue weighted by molar-refractivity contribution is 5.64. The normalized spacial score (nSPS) is 16.7. The Balaban J connectivity index is 2.36. The minimum absolute atomic E-state index is 0.0652. The van der Waals surface area contributed by atoms with Gasteiger partial charge in [-0.2, -0.15) is 0 Å². The van der Waals surface area contributed by atoms with Gasteiger partial charge in [0.2, 0.25) is 0 Å². The van der Waals surface area contributed by atoms with E-state index in [4.69, 9.17) is 5.73 Å². The molecule has 0 saturated carbocycles. The molecule has 0 radical (unpaired) electrons. The van der Waals surface area contributed by atoms with Crippen LogP contribution >= 0.6 is 0 Å². The maximum Gasteiger partial charge on any atom is 0.123 e. The van der Waals surface area contributed by atoms with E-state index in [2.05, 4.69) is 6.08 Å². The Morgan fingerprint density at radius 3 is 2.92 bits per heavy atom. The molecule has 0 aromatic heterocycles. The molecule has 2 rings (SSSR count). The average molecular weight is 177 g/mol. The highest BCUT2D eigenvalue weighted by Gasteiger charge is 2.15. The summed E-state index contributed by atoms with van der Waals surface area (Å²) in [6.07, 6.45) is 2.85. The maximum absolute atomic E-state index is 12.8. The zero-order valence-corrected chi connectivity index (χ0v) is 7.55. The molecular formula is C11H12FN. The second-order valence-electron chi connectivity index (χ2n) is 3.53. The molecule has 0 amide bonds. The third-order valence-electron chi connectivity index (χ3n) is 2.43. The maximum atomic E-state index is 12.8. The first kappa shape index (κ1) is 8.45. The van der Waals surface area contributed by atoms with Gasteiger partial charge >= 0.3 is 0 Å². The first-order valence-corrected chi connectivity index (χ1v) is 4.41. The first-order valence-electron chi connectivity index (χ1n) is 4.41. The van der Waals surface area contributed by atoms with Gasteiger partial charge in [0.1, 0.15) is 5.82 Å². The highest BCUT2D eigenvalue weighted by Crippen LogP contribution is 2.26. The lowest BCUT2D eigenvalue weighted by molar-refractivity contribution is 0.626. The zero-order chi connectivity index (χ0) is 9.42. The molecule has 1 unspecified atom stereocenters. The molecule has 0 fully saturated rings. The zero-order valence-electron chi connectivity index (χ0n) is 7.55. The molecule has 1 aliphatic carbocycles. The number of nitrogens with two attached hydrogens (primary N) is 1. The number of rotatable bonds is 1. The summed E-state index contributed by atoms with van der Waals surface area (Å²) in [5.74, 6) is -0.168. The molecule has 1 aromatic carbocycles. The van der Waals surface area contributed by atoms with E-state index in [1.54, 1.807) is 12.1 Å². The molecule has 1 aromatic rings. The Hall–Kier alpha value is -1.15. The van der Waals surface area contributed by atoms with Crippen molar-refractivity contribution in [2.45, 2.75) is 19.4 Å². The van der Waals surface area contributed by atoms with Crippen LogP contribution in [0.5, 0.6) is 0 Å². The van der Waals surface area contributed by atoms with Crippen LogP contribution in [0.15, 0.2) is 23.8 Å². The predicted octanol–water partition coefficient (Wildman–Crippen LogP) is 2.11. The van der Waals surface area contributed by atoms with Crippen molar-refractivity contribution < 1.29 is 4.39 Å². The number of halogens is 1. The highest BCUT2D eigenvalue weighted by atomic mass is 19.1. The molecule has 2 N–H and O–H groups in total.